The molecule has 0 saturated heterocycles. The molecule has 1 aromatic heterocycles. The summed E-state index contributed by atoms with van der Waals surface area (Å²) in [6, 6.07) is 0. The number of hydrogen-bond acceptors (Lipinski definition) is 3. The van der Waals surface area contributed by atoms with Gasteiger partial charge in [-0.1, -0.05) is 0 Å². The molecule has 2 N–H and O–H groups in total. The third-order valence-corrected chi connectivity index (χ3v) is 1.19. The summed E-state index contributed by atoms with van der Waals surface area (Å²) < 4.78 is 36.5. The van der Waals surface area contributed by atoms with Crippen molar-refractivity contribution in [2.75, 3.05) is 5.32 Å². The van der Waals surface area contributed by atoms with Crippen LogP contribution in [-0.2, 0) is 6.18 Å². The zero-order valence-electron chi connectivity index (χ0n) is 6.54. The topological polar surface area (TPSA) is 75.1 Å². The van der Waals surface area contributed by atoms with E-state index in [0.29, 0.717) is 0 Å². The molecule has 0 saturated carbocycles. The van der Waals surface area contributed by atoms with E-state index in [1.54, 1.807) is 0 Å². The maximum atomic E-state index is 12.2. The maximum absolute atomic E-state index is 12.2. The minimum Gasteiger partial charge on any atom is -0.465 e. The summed E-state index contributed by atoms with van der Waals surface area (Å²) in [6.07, 6.45) is -4.57. The largest absolute Gasteiger partial charge is 0.465 e. The second kappa shape index (κ2) is 3.48. The van der Waals surface area contributed by atoms with Gasteiger partial charge in [-0.25, -0.2) is 14.8 Å². The summed E-state index contributed by atoms with van der Waals surface area (Å²) in [4.78, 5) is 16.3. The van der Waals surface area contributed by atoms with Crippen molar-refractivity contribution >= 4 is 11.9 Å². The van der Waals surface area contributed by atoms with Gasteiger partial charge in [-0.15, -0.1) is 0 Å². The van der Waals surface area contributed by atoms with Crippen molar-refractivity contribution in [2.24, 2.45) is 0 Å². The number of aromatic nitrogens is 2. The van der Waals surface area contributed by atoms with E-state index in [2.05, 4.69) is 9.97 Å². The van der Waals surface area contributed by atoms with E-state index in [1.807, 2.05) is 0 Å². The Morgan fingerprint density at radius 1 is 1.36 bits per heavy atom. The molecule has 0 aliphatic heterocycles. The molecule has 0 unspecified atom stereocenters. The lowest BCUT2D eigenvalue weighted by molar-refractivity contribution is -0.140. The first kappa shape index (κ1) is 10.2. The molecular weight excluding hydrogens is 203 g/mol. The van der Waals surface area contributed by atoms with E-state index in [1.165, 1.54) is 5.32 Å². The van der Waals surface area contributed by atoms with Gasteiger partial charge in [-0.2, -0.15) is 13.2 Å². The predicted molar refractivity (Wildman–Crippen MR) is 38.7 cm³/mol. The zero-order chi connectivity index (χ0) is 10.8. The van der Waals surface area contributed by atoms with E-state index in [4.69, 9.17) is 5.11 Å². The highest BCUT2D eigenvalue weighted by Gasteiger charge is 2.36. The van der Waals surface area contributed by atoms with Crippen LogP contribution in [0.15, 0.2) is 12.4 Å². The fraction of sp³-hybridized carbons (Fsp3) is 0.167. The van der Waals surface area contributed by atoms with E-state index in [9.17, 15) is 18.0 Å². The number of alkyl halides is 3. The molecule has 76 valence electrons. The summed E-state index contributed by atoms with van der Waals surface area (Å²) in [5.41, 5.74) is -1.36. The van der Waals surface area contributed by atoms with Crippen LogP contribution in [0.5, 0.6) is 0 Å². The summed E-state index contributed by atoms with van der Waals surface area (Å²) in [5.74, 6) is -0.826. The summed E-state index contributed by atoms with van der Waals surface area (Å²) >= 11 is 0. The van der Waals surface area contributed by atoms with E-state index < -0.39 is 23.8 Å². The Hall–Kier alpha value is -1.86. The Labute approximate surface area is 75.6 Å². The van der Waals surface area contributed by atoms with E-state index >= 15 is 0 Å². The van der Waals surface area contributed by atoms with Crippen molar-refractivity contribution in [3.8, 4) is 0 Å². The number of halogens is 3. The lowest BCUT2D eigenvalue weighted by Gasteiger charge is -2.08. The van der Waals surface area contributed by atoms with Crippen LogP contribution < -0.4 is 5.32 Å². The van der Waals surface area contributed by atoms with E-state index in [-0.39, 0.29) is 0 Å². The van der Waals surface area contributed by atoms with Crippen molar-refractivity contribution in [3.05, 3.63) is 18.1 Å². The van der Waals surface area contributed by atoms with Crippen LogP contribution in [0, 0.1) is 0 Å². The van der Waals surface area contributed by atoms with Crippen LogP contribution in [0.4, 0.5) is 23.8 Å². The second-order valence-corrected chi connectivity index (χ2v) is 2.18. The minimum absolute atomic E-state index is 0.826. The number of rotatable bonds is 1. The minimum atomic E-state index is -4.73. The number of carboxylic acid groups (broad SMARTS) is 1. The highest BCUT2D eigenvalue weighted by atomic mass is 19.4. The fourth-order valence-electron chi connectivity index (χ4n) is 0.738. The summed E-state index contributed by atoms with van der Waals surface area (Å²) in [6.45, 7) is 0. The van der Waals surface area contributed by atoms with Crippen LogP contribution >= 0.6 is 0 Å². The Kier molecular flexibility index (Phi) is 2.54. The molecular formula is C6H4F3N3O2. The van der Waals surface area contributed by atoms with Gasteiger partial charge >= 0.3 is 12.3 Å². The van der Waals surface area contributed by atoms with Crippen molar-refractivity contribution in [1.29, 1.82) is 0 Å². The summed E-state index contributed by atoms with van der Waals surface area (Å²) in [7, 11) is 0. The van der Waals surface area contributed by atoms with Gasteiger partial charge in [0.15, 0.2) is 11.5 Å². The highest BCUT2D eigenvalue weighted by molar-refractivity contribution is 5.82. The Morgan fingerprint density at radius 2 is 1.93 bits per heavy atom. The molecule has 0 radical (unpaired) electrons. The number of carbonyl (C=O) groups is 1. The van der Waals surface area contributed by atoms with Crippen molar-refractivity contribution in [3.63, 3.8) is 0 Å². The van der Waals surface area contributed by atoms with Gasteiger partial charge in [0.25, 0.3) is 0 Å². The van der Waals surface area contributed by atoms with Gasteiger partial charge in [-0.05, 0) is 0 Å². The molecule has 0 aliphatic carbocycles. The maximum Gasteiger partial charge on any atom is 0.437 e. The van der Waals surface area contributed by atoms with Crippen LogP contribution in [0.3, 0.4) is 0 Å². The lowest BCUT2D eigenvalue weighted by Crippen LogP contribution is -2.17. The quantitative estimate of drug-likeness (QED) is 0.733. The monoisotopic (exact) mass is 207 g/mol. The predicted octanol–water partition coefficient (Wildman–Crippen LogP) is 1.59. The lowest BCUT2D eigenvalue weighted by atomic mass is 10.4. The molecule has 5 nitrogen and oxygen atoms in total. The van der Waals surface area contributed by atoms with Gasteiger partial charge in [0.05, 0.1) is 0 Å². The molecule has 1 heterocycles. The smallest absolute Gasteiger partial charge is 0.437 e. The second-order valence-electron chi connectivity index (χ2n) is 2.18. The zero-order valence-corrected chi connectivity index (χ0v) is 6.54. The van der Waals surface area contributed by atoms with Crippen LogP contribution in [-0.4, -0.2) is 21.2 Å². The average Bonchev–Trinajstić information content (AvgIpc) is 2.01. The van der Waals surface area contributed by atoms with Gasteiger partial charge < -0.3 is 5.11 Å². The van der Waals surface area contributed by atoms with Gasteiger partial charge in [0, 0.05) is 12.4 Å². The van der Waals surface area contributed by atoms with Crippen LogP contribution in [0.1, 0.15) is 5.69 Å². The fourth-order valence-corrected chi connectivity index (χ4v) is 0.738. The number of hydrogen-bond donors (Lipinski definition) is 2. The standard InChI is InChI=1S/C6H4F3N3O2/c7-6(8,9)3-4(12-5(13)14)11-2-1-10-3/h1-2H,(H,11,12)(H,13,14). The molecule has 0 atom stereocenters. The molecule has 0 spiro atoms. The molecule has 0 fully saturated rings. The third kappa shape index (κ3) is 2.31. The molecule has 1 rings (SSSR count). The molecule has 14 heavy (non-hydrogen) atoms. The Morgan fingerprint density at radius 3 is 2.43 bits per heavy atom. The average molecular weight is 207 g/mol. The molecule has 1 amide bonds. The number of anilines is 1. The van der Waals surface area contributed by atoms with Crippen molar-refractivity contribution in [1.82, 2.24) is 9.97 Å². The summed E-state index contributed by atoms with van der Waals surface area (Å²) in [5, 5.41) is 9.71. The first-order chi connectivity index (χ1) is 6.41. The molecule has 0 bridgehead atoms. The first-order valence-electron chi connectivity index (χ1n) is 3.29. The number of nitrogens with one attached hydrogen (secondary N) is 1. The number of amides is 1. The third-order valence-electron chi connectivity index (χ3n) is 1.19. The Balaban J connectivity index is 3.10. The number of nitrogens with zero attached hydrogens (tertiary/aromatic N) is 2. The van der Waals surface area contributed by atoms with Crippen molar-refractivity contribution < 1.29 is 23.1 Å². The van der Waals surface area contributed by atoms with Crippen molar-refractivity contribution in [2.45, 2.75) is 6.18 Å². The normalized spacial score (nSPS) is 11.1. The van der Waals surface area contributed by atoms with E-state index in [0.717, 1.165) is 12.4 Å². The molecule has 1 aromatic rings. The highest BCUT2D eigenvalue weighted by Crippen LogP contribution is 2.31. The molecule has 8 heteroatoms. The molecule has 0 aliphatic rings. The van der Waals surface area contributed by atoms with Crippen LogP contribution in [0.2, 0.25) is 0 Å². The van der Waals surface area contributed by atoms with Gasteiger partial charge in [0.2, 0.25) is 0 Å². The first-order valence-corrected chi connectivity index (χ1v) is 3.29. The van der Waals surface area contributed by atoms with Crippen LogP contribution in [0.25, 0.3) is 0 Å². The van der Waals surface area contributed by atoms with Gasteiger partial charge in [-0.3, -0.25) is 5.32 Å². The van der Waals surface area contributed by atoms with Gasteiger partial charge in [0.1, 0.15) is 0 Å². The molecule has 0 aromatic carbocycles. The SMILES string of the molecule is O=C(O)Nc1nccnc1C(F)(F)F. The Bertz CT molecular complexity index is 352.